The number of hydrogen-bond donors (Lipinski definition) is 0. The maximum atomic E-state index is 10.4. The molecule has 0 bridgehead atoms. The van der Waals surface area contributed by atoms with E-state index >= 15 is 0 Å². The van der Waals surface area contributed by atoms with Crippen molar-refractivity contribution in [3.63, 3.8) is 0 Å². The van der Waals surface area contributed by atoms with Gasteiger partial charge in [0.25, 0.3) is 0 Å². The van der Waals surface area contributed by atoms with Gasteiger partial charge in [-0.3, -0.25) is 9.69 Å². The van der Waals surface area contributed by atoms with Gasteiger partial charge >= 0.3 is 0 Å². The molecule has 110 valence electrons. The number of rotatable bonds is 2. The van der Waals surface area contributed by atoms with Gasteiger partial charge in [0.1, 0.15) is 0 Å². The highest BCUT2D eigenvalue weighted by molar-refractivity contribution is 5.47. The van der Waals surface area contributed by atoms with Gasteiger partial charge in [-0.1, -0.05) is 48.0 Å². The van der Waals surface area contributed by atoms with Gasteiger partial charge in [0.15, 0.2) is 0 Å². The molecule has 0 N–H and O–H groups in total. The van der Waals surface area contributed by atoms with Crippen LogP contribution in [0.25, 0.3) is 0 Å². The Labute approximate surface area is 115 Å². The molecule has 0 aromatic rings. The Balaban J connectivity index is 0. The van der Waals surface area contributed by atoms with Gasteiger partial charge in [-0.2, -0.15) is 0 Å². The average molecular weight is 258 g/mol. The molecule has 1 aliphatic heterocycles. The second kappa shape index (κ2) is 14.5. The predicted molar refractivity (Wildman–Crippen MR) is 80.9 cm³/mol. The molecule has 1 aliphatic carbocycles. The highest BCUT2D eigenvalue weighted by atomic mass is 16.1. The van der Waals surface area contributed by atoms with Gasteiger partial charge in [-0.05, 0) is 12.8 Å². The van der Waals surface area contributed by atoms with Gasteiger partial charge < -0.3 is 4.90 Å². The minimum absolute atomic E-state index is 0.846. The Morgan fingerprint density at radius 1 is 0.833 bits per heavy atom. The summed E-state index contributed by atoms with van der Waals surface area (Å²) in [6.45, 7) is 16.0. The Bertz CT molecular complexity index is 162. The van der Waals surface area contributed by atoms with Crippen LogP contribution in [0.15, 0.2) is 0 Å². The SMILES string of the molecule is CC.CC.CC.O=CN1CCN(C2CCC2)CC1. The molecule has 3 nitrogen and oxygen atoms in total. The molecule has 0 aromatic heterocycles. The summed E-state index contributed by atoms with van der Waals surface area (Å²) in [7, 11) is 0. The molecule has 3 heteroatoms. The number of amides is 1. The number of hydrogen-bond acceptors (Lipinski definition) is 2. The monoisotopic (exact) mass is 258 g/mol. The number of piperazine rings is 1. The molecule has 0 aromatic carbocycles. The van der Waals surface area contributed by atoms with E-state index in [1.165, 1.54) is 19.3 Å². The van der Waals surface area contributed by atoms with Crippen LogP contribution in [0.4, 0.5) is 0 Å². The van der Waals surface area contributed by atoms with E-state index in [2.05, 4.69) is 4.90 Å². The zero-order valence-electron chi connectivity index (χ0n) is 13.4. The smallest absolute Gasteiger partial charge is 0.209 e. The third-order valence-corrected chi connectivity index (χ3v) is 3.09. The molecule has 2 aliphatic rings. The van der Waals surface area contributed by atoms with E-state index in [4.69, 9.17) is 0 Å². The zero-order valence-corrected chi connectivity index (χ0v) is 13.4. The number of nitrogens with zero attached hydrogens (tertiary/aromatic N) is 2. The van der Waals surface area contributed by atoms with Crippen molar-refractivity contribution in [2.45, 2.75) is 66.8 Å². The highest BCUT2D eigenvalue weighted by Gasteiger charge is 2.27. The Kier molecular flexibility index (Phi) is 15.9. The molecule has 18 heavy (non-hydrogen) atoms. The Hall–Kier alpha value is -0.570. The minimum atomic E-state index is 0.846. The molecule has 1 saturated heterocycles. The van der Waals surface area contributed by atoms with Crippen LogP contribution in [0.3, 0.4) is 0 Å². The normalized spacial score (nSPS) is 18.9. The molecule has 1 amide bonds. The standard InChI is InChI=1S/C9H16N2O.3C2H6/c12-8-10-4-6-11(7-5-10)9-2-1-3-9;3*1-2/h8-9H,1-7H2;3*1-2H3. The second-order valence-electron chi connectivity index (χ2n) is 3.76. The lowest BCUT2D eigenvalue weighted by Crippen LogP contribution is -2.51. The fraction of sp³-hybridized carbons (Fsp3) is 0.933. The third kappa shape index (κ3) is 7.00. The average Bonchev–Trinajstić information content (AvgIpc) is 2.44. The Morgan fingerprint density at radius 3 is 1.56 bits per heavy atom. The fourth-order valence-electron chi connectivity index (χ4n) is 1.96. The molecule has 0 unspecified atom stereocenters. The van der Waals surface area contributed by atoms with Crippen LogP contribution in [0.1, 0.15) is 60.8 Å². The minimum Gasteiger partial charge on any atom is -0.343 e. The first-order chi connectivity index (χ1) is 8.90. The lowest BCUT2D eigenvalue weighted by Gasteiger charge is -2.42. The molecular formula is C15H34N2O. The molecule has 1 saturated carbocycles. The molecular weight excluding hydrogens is 224 g/mol. The molecule has 1 heterocycles. The van der Waals surface area contributed by atoms with Crippen LogP contribution in [-0.4, -0.2) is 48.4 Å². The van der Waals surface area contributed by atoms with E-state index in [1.807, 2.05) is 46.4 Å². The van der Waals surface area contributed by atoms with Crippen LogP contribution in [-0.2, 0) is 4.79 Å². The quantitative estimate of drug-likeness (QED) is 0.709. The molecule has 0 spiro atoms. The second-order valence-corrected chi connectivity index (χ2v) is 3.76. The van der Waals surface area contributed by atoms with Crippen LogP contribution >= 0.6 is 0 Å². The van der Waals surface area contributed by atoms with Gasteiger partial charge in [0.05, 0.1) is 0 Å². The van der Waals surface area contributed by atoms with Crippen molar-refractivity contribution in [2.24, 2.45) is 0 Å². The first-order valence-corrected chi connectivity index (χ1v) is 7.83. The predicted octanol–water partition coefficient (Wildman–Crippen LogP) is 3.39. The van der Waals surface area contributed by atoms with Crippen molar-refractivity contribution < 1.29 is 4.79 Å². The lowest BCUT2D eigenvalue weighted by atomic mass is 9.91. The summed E-state index contributed by atoms with van der Waals surface area (Å²) in [6.07, 6.45) is 5.12. The van der Waals surface area contributed by atoms with Crippen molar-refractivity contribution >= 4 is 6.41 Å². The van der Waals surface area contributed by atoms with Crippen molar-refractivity contribution in [3.8, 4) is 0 Å². The topological polar surface area (TPSA) is 23.6 Å². The first-order valence-electron chi connectivity index (χ1n) is 7.83. The maximum absolute atomic E-state index is 10.4. The summed E-state index contributed by atoms with van der Waals surface area (Å²) >= 11 is 0. The largest absolute Gasteiger partial charge is 0.343 e. The summed E-state index contributed by atoms with van der Waals surface area (Å²) in [5, 5.41) is 0. The van der Waals surface area contributed by atoms with Crippen LogP contribution in [0.5, 0.6) is 0 Å². The molecule has 2 fully saturated rings. The van der Waals surface area contributed by atoms with E-state index in [0.29, 0.717) is 0 Å². The van der Waals surface area contributed by atoms with Crippen LogP contribution in [0, 0.1) is 0 Å². The number of carbonyl (C=O) groups excluding carboxylic acids is 1. The van der Waals surface area contributed by atoms with E-state index in [1.54, 1.807) is 0 Å². The highest BCUT2D eigenvalue weighted by Crippen LogP contribution is 2.25. The van der Waals surface area contributed by atoms with Crippen molar-refractivity contribution in [1.82, 2.24) is 9.80 Å². The van der Waals surface area contributed by atoms with E-state index in [-0.39, 0.29) is 0 Å². The fourth-order valence-corrected chi connectivity index (χ4v) is 1.96. The van der Waals surface area contributed by atoms with Crippen molar-refractivity contribution in [3.05, 3.63) is 0 Å². The van der Waals surface area contributed by atoms with Crippen LogP contribution in [0.2, 0.25) is 0 Å². The summed E-state index contributed by atoms with van der Waals surface area (Å²) in [5.41, 5.74) is 0. The molecule has 0 radical (unpaired) electrons. The first kappa shape index (κ1) is 19.8. The van der Waals surface area contributed by atoms with E-state index < -0.39 is 0 Å². The zero-order chi connectivity index (χ0) is 14.4. The lowest BCUT2D eigenvalue weighted by molar-refractivity contribution is -0.120. The molecule has 0 atom stereocenters. The van der Waals surface area contributed by atoms with Crippen LogP contribution < -0.4 is 0 Å². The maximum Gasteiger partial charge on any atom is 0.209 e. The van der Waals surface area contributed by atoms with E-state index in [9.17, 15) is 4.79 Å². The molecule has 2 rings (SSSR count). The van der Waals surface area contributed by atoms with Gasteiger partial charge in [-0.15, -0.1) is 0 Å². The van der Waals surface area contributed by atoms with E-state index in [0.717, 1.165) is 38.6 Å². The summed E-state index contributed by atoms with van der Waals surface area (Å²) in [4.78, 5) is 14.8. The third-order valence-electron chi connectivity index (χ3n) is 3.09. The Morgan fingerprint density at radius 2 is 1.28 bits per heavy atom. The van der Waals surface area contributed by atoms with Gasteiger partial charge in [0, 0.05) is 32.2 Å². The summed E-state index contributed by atoms with van der Waals surface area (Å²) < 4.78 is 0. The van der Waals surface area contributed by atoms with Gasteiger partial charge in [0.2, 0.25) is 6.41 Å². The summed E-state index contributed by atoms with van der Waals surface area (Å²) in [5.74, 6) is 0. The summed E-state index contributed by atoms with van der Waals surface area (Å²) in [6, 6.07) is 0.846. The van der Waals surface area contributed by atoms with Crippen molar-refractivity contribution in [2.75, 3.05) is 26.2 Å². The van der Waals surface area contributed by atoms with Gasteiger partial charge in [-0.25, -0.2) is 0 Å². The van der Waals surface area contributed by atoms with Crippen molar-refractivity contribution in [1.29, 1.82) is 0 Å². The number of carbonyl (C=O) groups is 1.